The van der Waals surface area contributed by atoms with E-state index in [0.29, 0.717) is 25.1 Å². The van der Waals surface area contributed by atoms with E-state index in [1.807, 2.05) is 13.0 Å². The zero-order valence-corrected chi connectivity index (χ0v) is 19.6. The molecule has 3 rings (SSSR count). The fourth-order valence-electron chi connectivity index (χ4n) is 4.86. The monoisotopic (exact) mass is 491 g/mol. The zero-order chi connectivity index (χ0) is 24.3. The molecular weight excluding hydrogens is 446 g/mol. The van der Waals surface area contributed by atoms with Gasteiger partial charge in [0.1, 0.15) is 35.8 Å². The summed E-state index contributed by atoms with van der Waals surface area (Å²) in [6.45, 7) is 4.30. The van der Waals surface area contributed by atoms with Crippen LogP contribution in [0.2, 0.25) is 0 Å². The third kappa shape index (κ3) is 6.26. The molecule has 0 unspecified atom stereocenters. The van der Waals surface area contributed by atoms with Crippen molar-refractivity contribution in [2.45, 2.75) is 101 Å². The van der Waals surface area contributed by atoms with E-state index in [1.54, 1.807) is 14.0 Å². The molecule has 11 atom stereocenters. The molecule has 12 heteroatoms. The predicted octanol–water partition coefficient (Wildman–Crippen LogP) is -2.56. The van der Waals surface area contributed by atoms with Gasteiger partial charge in [-0.2, -0.15) is 0 Å². The molecule has 0 aromatic carbocycles. The van der Waals surface area contributed by atoms with E-state index in [-0.39, 0.29) is 26.6 Å². The van der Waals surface area contributed by atoms with Crippen LogP contribution in [0, 0.1) is 0 Å². The van der Waals surface area contributed by atoms with Crippen molar-refractivity contribution in [3.8, 4) is 0 Å². The summed E-state index contributed by atoms with van der Waals surface area (Å²) in [6.07, 6.45) is -3.05. The minimum atomic E-state index is -1.28. The average molecular weight is 492 g/mol. The van der Waals surface area contributed by atoms with Crippen LogP contribution in [-0.4, -0.2) is 109 Å². The second-order valence-corrected chi connectivity index (χ2v) is 9.31. The van der Waals surface area contributed by atoms with Crippen LogP contribution < -0.4 is 27.8 Å². The summed E-state index contributed by atoms with van der Waals surface area (Å²) in [5.74, 6) is 0.572. The lowest BCUT2D eigenvalue weighted by Gasteiger charge is -2.49. The molecule has 2 heterocycles. The molecule has 1 saturated carbocycles. The maximum Gasteiger partial charge on any atom is 0.215 e. The maximum atomic E-state index is 11.3. The summed E-state index contributed by atoms with van der Waals surface area (Å²) < 4.78 is 23.6. The quantitative estimate of drug-likeness (QED) is 0.177. The molecule has 0 amide bonds. The SMILES string of the molecule is C.CCN[C@@H]1C[C@H](N)[C@@H](O[C@H]2OC(CN)=CC[C@H]2N)[C@H](O)[C@H]1O[C@H]1OC[C@](C)(O)[C@H](NC)[C@H]1O. The van der Waals surface area contributed by atoms with Crippen LogP contribution in [0.1, 0.15) is 34.1 Å². The minimum absolute atomic E-state index is 0. The van der Waals surface area contributed by atoms with Gasteiger partial charge in [0.15, 0.2) is 6.29 Å². The van der Waals surface area contributed by atoms with Crippen LogP contribution in [0.3, 0.4) is 0 Å². The van der Waals surface area contributed by atoms with Crippen molar-refractivity contribution in [2.75, 3.05) is 26.7 Å². The lowest BCUT2D eigenvalue weighted by atomic mass is 9.83. The molecule has 0 aromatic rings. The van der Waals surface area contributed by atoms with Gasteiger partial charge in [0.05, 0.1) is 25.2 Å². The standard InChI is InChI=1S/C21H41N5O7.CH4/c1-4-26-13-7-12(24)16(32-19-11(23)6-5-10(8-22)31-19)14(27)17(13)33-20-15(28)18(25-3)21(2,29)9-30-20;/h5,11-20,25-29H,4,6-9,22-24H2,1-3H3;1H4/t11-,12+,13-,14+,15-,16-,17+,18-,19-,20-,21+;/m1./s1. The van der Waals surface area contributed by atoms with E-state index >= 15 is 0 Å². The van der Waals surface area contributed by atoms with Crippen molar-refractivity contribution in [2.24, 2.45) is 17.2 Å². The molecule has 0 aromatic heterocycles. The highest BCUT2D eigenvalue weighted by Gasteiger charge is 2.51. The normalized spacial score (nSPS) is 45.1. The van der Waals surface area contributed by atoms with E-state index in [9.17, 15) is 15.3 Å². The van der Waals surface area contributed by atoms with Gasteiger partial charge in [-0.15, -0.1) is 0 Å². The van der Waals surface area contributed by atoms with Crippen LogP contribution in [0.5, 0.6) is 0 Å². The van der Waals surface area contributed by atoms with Crippen molar-refractivity contribution in [1.29, 1.82) is 0 Å². The molecule has 0 spiro atoms. The van der Waals surface area contributed by atoms with E-state index in [4.69, 9.17) is 36.1 Å². The molecule has 3 aliphatic rings. The molecule has 200 valence electrons. The molecular formula is C22H45N5O7. The molecule has 0 radical (unpaired) electrons. The van der Waals surface area contributed by atoms with Gasteiger partial charge in [-0.25, -0.2) is 0 Å². The number of nitrogens with two attached hydrogens (primary N) is 3. The number of nitrogens with one attached hydrogen (secondary N) is 2. The van der Waals surface area contributed by atoms with Crippen LogP contribution in [0.4, 0.5) is 0 Å². The Morgan fingerprint density at radius 1 is 1.15 bits per heavy atom. The summed E-state index contributed by atoms with van der Waals surface area (Å²) >= 11 is 0. The Kier molecular flexibility index (Phi) is 10.7. The second kappa shape index (κ2) is 12.4. The first-order valence-electron chi connectivity index (χ1n) is 11.6. The number of likely N-dealkylation sites (N-methyl/N-ethyl adjacent to an activating group) is 2. The number of hydrogen-bond acceptors (Lipinski definition) is 12. The largest absolute Gasteiger partial charge is 0.467 e. The first-order valence-corrected chi connectivity index (χ1v) is 11.6. The van der Waals surface area contributed by atoms with Crippen LogP contribution >= 0.6 is 0 Å². The van der Waals surface area contributed by atoms with Crippen molar-refractivity contribution in [3.05, 3.63) is 11.8 Å². The molecule has 2 aliphatic heterocycles. The van der Waals surface area contributed by atoms with Crippen molar-refractivity contribution in [3.63, 3.8) is 0 Å². The van der Waals surface area contributed by atoms with E-state index in [0.717, 1.165) is 0 Å². The predicted molar refractivity (Wildman–Crippen MR) is 126 cm³/mol. The van der Waals surface area contributed by atoms with Gasteiger partial charge < -0.3 is 62.1 Å². The van der Waals surface area contributed by atoms with Gasteiger partial charge in [-0.1, -0.05) is 14.4 Å². The average Bonchev–Trinajstić information content (AvgIpc) is 2.76. The first kappa shape index (κ1) is 29.3. The second-order valence-electron chi connectivity index (χ2n) is 9.31. The fourth-order valence-corrected chi connectivity index (χ4v) is 4.86. The van der Waals surface area contributed by atoms with Gasteiger partial charge in [0.25, 0.3) is 0 Å². The third-order valence-corrected chi connectivity index (χ3v) is 6.64. The van der Waals surface area contributed by atoms with Gasteiger partial charge >= 0.3 is 0 Å². The van der Waals surface area contributed by atoms with Crippen molar-refractivity contribution < 1.29 is 34.3 Å². The summed E-state index contributed by atoms with van der Waals surface area (Å²) in [5, 5.41) is 38.8. The molecule has 1 saturated heterocycles. The lowest BCUT2D eigenvalue weighted by Crippen LogP contribution is -2.69. The van der Waals surface area contributed by atoms with Crippen LogP contribution in [0.15, 0.2) is 11.8 Å². The minimum Gasteiger partial charge on any atom is -0.467 e. The summed E-state index contributed by atoms with van der Waals surface area (Å²) in [5.41, 5.74) is 16.9. The first-order chi connectivity index (χ1) is 15.6. The Morgan fingerprint density at radius 3 is 2.44 bits per heavy atom. The summed E-state index contributed by atoms with van der Waals surface area (Å²) in [6, 6.07) is -1.95. The number of aliphatic hydroxyl groups excluding tert-OH is 2. The topological polar surface area (TPSA) is 200 Å². The molecule has 1 aliphatic carbocycles. The summed E-state index contributed by atoms with van der Waals surface area (Å²) in [7, 11) is 1.64. The Labute approximate surface area is 202 Å². The van der Waals surface area contributed by atoms with E-state index in [1.165, 1.54) is 0 Å². The van der Waals surface area contributed by atoms with Crippen molar-refractivity contribution in [1.82, 2.24) is 10.6 Å². The fraction of sp³-hybridized carbons (Fsp3) is 0.909. The molecule has 34 heavy (non-hydrogen) atoms. The summed E-state index contributed by atoms with van der Waals surface area (Å²) in [4.78, 5) is 0. The molecule has 2 fully saturated rings. The van der Waals surface area contributed by atoms with Gasteiger partial charge in [0, 0.05) is 12.1 Å². The van der Waals surface area contributed by atoms with Crippen LogP contribution in [0.25, 0.3) is 0 Å². The molecule has 0 bridgehead atoms. The maximum absolute atomic E-state index is 11.3. The molecule has 12 nitrogen and oxygen atoms in total. The van der Waals surface area contributed by atoms with Gasteiger partial charge in [0.2, 0.25) is 6.29 Å². The number of ether oxygens (including phenoxy) is 4. The Bertz CT molecular complexity index is 670. The van der Waals surface area contributed by atoms with E-state index < -0.39 is 60.7 Å². The zero-order valence-electron chi connectivity index (χ0n) is 19.6. The van der Waals surface area contributed by atoms with Crippen LogP contribution in [-0.2, 0) is 18.9 Å². The molecule has 11 N–H and O–H groups in total. The number of hydrogen-bond donors (Lipinski definition) is 8. The lowest BCUT2D eigenvalue weighted by molar-refractivity contribution is -0.304. The highest BCUT2D eigenvalue weighted by Crippen LogP contribution is 2.31. The van der Waals surface area contributed by atoms with E-state index in [2.05, 4.69) is 10.6 Å². The van der Waals surface area contributed by atoms with Gasteiger partial charge in [-0.05, 0) is 39.4 Å². The van der Waals surface area contributed by atoms with Crippen molar-refractivity contribution >= 4 is 0 Å². The number of aliphatic hydroxyl groups is 3. The Hall–Kier alpha value is -0.900. The smallest absolute Gasteiger partial charge is 0.215 e. The Morgan fingerprint density at radius 2 is 1.82 bits per heavy atom. The number of rotatable bonds is 8. The highest BCUT2D eigenvalue weighted by atomic mass is 16.7. The highest BCUT2D eigenvalue weighted by molar-refractivity contribution is 5.05. The van der Waals surface area contributed by atoms with Gasteiger partial charge in [-0.3, -0.25) is 0 Å². The Balaban J connectivity index is 0.00000408. The third-order valence-electron chi connectivity index (χ3n) is 6.64.